The van der Waals surface area contributed by atoms with E-state index in [0.717, 1.165) is 0 Å². The minimum absolute atomic E-state index is 0.0487. The van der Waals surface area contributed by atoms with E-state index in [1.807, 2.05) is 62.3 Å². The van der Waals surface area contributed by atoms with Gasteiger partial charge in [-0.1, -0.05) is 55.4 Å². The van der Waals surface area contributed by atoms with Gasteiger partial charge in [0.05, 0.1) is 12.1 Å². The van der Waals surface area contributed by atoms with Gasteiger partial charge < -0.3 is 10.1 Å². The predicted molar refractivity (Wildman–Crippen MR) is 114 cm³/mol. The lowest BCUT2D eigenvalue weighted by molar-refractivity contribution is -0.155. The van der Waals surface area contributed by atoms with Crippen molar-refractivity contribution in [2.45, 2.75) is 107 Å². The molecule has 0 heterocycles. The second-order valence-corrected chi connectivity index (χ2v) is 11.4. The van der Waals surface area contributed by atoms with Crippen molar-refractivity contribution in [1.29, 1.82) is 0 Å². The highest BCUT2D eigenvalue weighted by atomic mass is 16.5. The van der Waals surface area contributed by atoms with Crippen LogP contribution in [0.5, 0.6) is 0 Å². The molecule has 0 saturated heterocycles. The molecule has 5 nitrogen and oxygen atoms in total. The first-order valence-electron chi connectivity index (χ1n) is 10.2. The SMILES string of the molecule is CCC(=O)NC(C)(C)COC(C)(C)C(=O)C(C)(C)CC(C)(C)C(=O)C(C)(C)C. The molecule has 0 spiro atoms. The van der Waals surface area contributed by atoms with Crippen LogP contribution in [0.25, 0.3) is 0 Å². The van der Waals surface area contributed by atoms with Gasteiger partial charge in [0.15, 0.2) is 5.78 Å². The van der Waals surface area contributed by atoms with Gasteiger partial charge in [-0.05, 0) is 34.1 Å². The van der Waals surface area contributed by atoms with Crippen molar-refractivity contribution in [2.24, 2.45) is 16.2 Å². The van der Waals surface area contributed by atoms with Crippen LogP contribution in [0.4, 0.5) is 0 Å². The quantitative estimate of drug-likeness (QED) is 0.579. The van der Waals surface area contributed by atoms with Crippen LogP contribution in [0.2, 0.25) is 0 Å². The average molecular weight is 398 g/mol. The first-order chi connectivity index (χ1) is 12.2. The monoisotopic (exact) mass is 397 g/mol. The Morgan fingerprint density at radius 1 is 0.750 bits per heavy atom. The third kappa shape index (κ3) is 7.65. The molecule has 164 valence electrons. The Morgan fingerprint density at radius 3 is 1.57 bits per heavy atom. The third-order valence-corrected chi connectivity index (χ3v) is 4.93. The molecule has 1 N–H and O–H groups in total. The zero-order valence-electron chi connectivity index (χ0n) is 20.3. The Balaban J connectivity index is 5.30. The molecular formula is C23H43NO4. The number of hydrogen-bond donors (Lipinski definition) is 1. The summed E-state index contributed by atoms with van der Waals surface area (Å²) in [5, 5.41) is 2.91. The van der Waals surface area contributed by atoms with Gasteiger partial charge in [0.1, 0.15) is 11.4 Å². The number of ketones is 2. The summed E-state index contributed by atoms with van der Waals surface area (Å²) in [6, 6.07) is 0. The fourth-order valence-corrected chi connectivity index (χ4v) is 4.02. The standard InChI is InChI=1S/C23H43NO4/c1-13-16(25)24-22(9,10)15-28-23(11,12)18(27)21(7,8)14-20(5,6)17(26)19(2,3)4/h13-15H2,1-12H3,(H,24,25). The lowest BCUT2D eigenvalue weighted by Crippen LogP contribution is -2.52. The molecule has 0 aromatic heterocycles. The van der Waals surface area contributed by atoms with Crippen LogP contribution >= 0.6 is 0 Å². The van der Waals surface area contributed by atoms with Gasteiger partial charge in [0, 0.05) is 22.7 Å². The molecule has 0 aliphatic heterocycles. The Kier molecular flexibility index (Phi) is 8.26. The van der Waals surface area contributed by atoms with E-state index < -0.39 is 27.4 Å². The molecule has 0 aliphatic rings. The van der Waals surface area contributed by atoms with E-state index in [1.54, 1.807) is 20.8 Å². The number of ether oxygens (including phenoxy) is 1. The van der Waals surface area contributed by atoms with E-state index in [1.165, 1.54) is 0 Å². The second-order valence-electron chi connectivity index (χ2n) is 11.4. The summed E-state index contributed by atoms with van der Waals surface area (Å²) in [5.41, 5.74) is -3.42. The largest absolute Gasteiger partial charge is 0.365 e. The number of Topliss-reactive ketones (excluding diaryl/α,β-unsaturated/α-hetero) is 2. The van der Waals surface area contributed by atoms with Crippen LogP contribution in [0.3, 0.4) is 0 Å². The maximum atomic E-state index is 13.3. The van der Waals surface area contributed by atoms with E-state index in [-0.39, 0.29) is 24.1 Å². The third-order valence-electron chi connectivity index (χ3n) is 4.93. The van der Waals surface area contributed by atoms with Gasteiger partial charge in [-0.25, -0.2) is 0 Å². The summed E-state index contributed by atoms with van der Waals surface area (Å²) in [5.74, 6) is 0.0379. The second kappa shape index (κ2) is 8.64. The van der Waals surface area contributed by atoms with E-state index in [9.17, 15) is 14.4 Å². The van der Waals surface area contributed by atoms with Crippen molar-refractivity contribution in [1.82, 2.24) is 5.32 Å². The zero-order valence-corrected chi connectivity index (χ0v) is 20.3. The molecular weight excluding hydrogens is 354 g/mol. The van der Waals surface area contributed by atoms with Crippen LogP contribution in [0.15, 0.2) is 0 Å². The fraction of sp³-hybridized carbons (Fsp3) is 0.870. The molecule has 0 aromatic rings. The van der Waals surface area contributed by atoms with Crippen LogP contribution in [-0.4, -0.2) is 35.2 Å². The fourth-order valence-electron chi connectivity index (χ4n) is 4.02. The van der Waals surface area contributed by atoms with Gasteiger partial charge >= 0.3 is 0 Å². The maximum Gasteiger partial charge on any atom is 0.220 e. The summed E-state index contributed by atoms with van der Waals surface area (Å²) in [4.78, 5) is 37.8. The van der Waals surface area contributed by atoms with Crippen molar-refractivity contribution < 1.29 is 19.1 Å². The molecule has 0 aromatic carbocycles. The smallest absolute Gasteiger partial charge is 0.220 e. The number of carbonyl (C=O) groups is 3. The van der Waals surface area contributed by atoms with Crippen molar-refractivity contribution in [2.75, 3.05) is 6.61 Å². The molecule has 0 fully saturated rings. The summed E-state index contributed by atoms with van der Waals surface area (Å²) < 4.78 is 5.98. The first kappa shape index (κ1) is 26.8. The number of rotatable bonds is 10. The molecule has 0 atom stereocenters. The van der Waals surface area contributed by atoms with Crippen LogP contribution in [0.1, 0.15) is 95.9 Å². The van der Waals surface area contributed by atoms with E-state index in [0.29, 0.717) is 12.8 Å². The van der Waals surface area contributed by atoms with Gasteiger partial charge in [0.25, 0.3) is 0 Å². The van der Waals surface area contributed by atoms with E-state index in [2.05, 4.69) is 5.32 Å². The molecule has 0 bridgehead atoms. The van der Waals surface area contributed by atoms with E-state index >= 15 is 0 Å². The highest BCUT2D eigenvalue weighted by Crippen LogP contribution is 2.41. The highest BCUT2D eigenvalue weighted by molar-refractivity contribution is 5.93. The van der Waals surface area contributed by atoms with Gasteiger partial charge in [-0.2, -0.15) is 0 Å². The minimum Gasteiger partial charge on any atom is -0.365 e. The molecule has 5 heteroatoms. The number of amides is 1. The molecule has 1 amide bonds. The Bertz CT molecular complexity index is 592. The van der Waals surface area contributed by atoms with Gasteiger partial charge in [-0.15, -0.1) is 0 Å². The lowest BCUT2D eigenvalue weighted by Gasteiger charge is -2.40. The van der Waals surface area contributed by atoms with Crippen LogP contribution < -0.4 is 5.32 Å². The topological polar surface area (TPSA) is 72.5 Å². The maximum absolute atomic E-state index is 13.3. The zero-order chi connectivity index (χ0) is 22.8. The van der Waals surface area contributed by atoms with Crippen molar-refractivity contribution in [3.8, 4) is 0 Å². The highest BCUT2D eigenvalue weighted by Gasteiger charge is 2.46. The normalized spacial score (nSPS) is 14.0. The van der Waals surface area contributed by atoms with Gasteiger partial charge in [-0.3, -0.25) is 14.4 Å². The van der Waals surface area contributed by atoms with E-state index in [4.69, 9.17) is 4.74 Å². The van der Waals surface area contributed by atoms with Crippen molar-refractivity contribution in [3.05, 3.63) is 0 Å². The Labute approximate surface area is 172 Å². The first-order valence-corrected chi connectivity index (χ1v) is 10.2. The molecule has 0 saturated carbocycles. The molecule has 28 heavy (non-hydrogen) atoms. The minimum atomic E-state index is -1.03. The average Bonchev–Trinajstić information content (AvgIpc) is 2.49. The van der Waals surface area contributed by atoms with Gasteiger partial charge in [0.2, 0.25) is 5.91 Å². The molecule has 0 radical (unpaired) electrons. The molecule has 0 unspecified atom stereocenters. The number of carbonyl (C=O) groups excluding carboxylic acids is 3. The van der Waals surface area contributed by atoms with Crippen molar-refractivity contribution in [3.63, 3.8) is 0 Å². The Hall–Kier alpha value is -1.23. The Morgan fingerprint density at radius 2 is 1.18 bits per heavy atom. The molecule has 0 rings (SSSR count). The number of nitrogens with one attached hydrogen (secondary N) is 1. The molecule has 0 aliphatic carbocycles. The number of hydrogen-bond acceptors (Lipinski definition) is 4. The summed E-state index contributed by atoms with van der Waals surface area (Å²) in [6.07, 6.45) is 0.841. The lowest BCUT2D eigenvalue weighted by atomic mass is 9.64. The predicted octanol–water partition coefficient (Wildman–Crippen LogP) is 4.71. The summed E-state index contributed by atoms with van der Waals surface area (Å²) in [7, 11) is 0. The van der Waals surface area contributed by atoms with Crippen LogP contribution in [-0.2, 0) is 19.1 Å². The summed E-state index contributed by atoms with van der Waals surface area (Å²) in [6.45, 7) is 22.6. The summed E-state index contributed by atoms with van der Waals surface area (Å²) >= 11 is 0. The van der Waals surface area contributed by atoms with Crippen LogP contribution in [0, 0.1) is 16.2 Å². The van der Waals surface area contributed by atoms with Crippen molar-refractivity contribution >= 4 is 17.5 Å².